The first-order valence-corrected chi connectivity index (χ1v) is 11.7. The monoisotopic (exact) mass is 462 g/mol. The fraction of sp³-hybridized carbons (Fsp3) is 0.400. The van der Waals surface area contributed by atoms with E-state index in [1.54, 1.807) is 30.3 Å². The summed E-state index contributed by atoms with van der Waals surface area (Å²) in [6.07, 6.45) is -4.29. The van der Waals surface area contributed by atoms with Crippen molar-refractivity contribution >= 4 is 28.4 Å². The van der Waals surface area contributed by atoms with E-state index in [1.165, 1.54) is 0 Å². The Morgan fingerprint density at radius 1 is 1.03 bits per heavy atom. The Hall–Kier alpha value is -2.25. The van der Waals surface area contributed by atoms with E-state index in [9.17, 15) is 18.3 Å². The van der Waals surface area contributed by atoms with Gasteiger partial charge in [0, 0.05) is 22.5 Å². The van der Waals surface area contributed by atoms with Crippen molar-refractivity contribution in [2.45, 2.75) is 57.2 Å². The summed E-state index contributed by atoms with van der Waals surface area (Å²) in [5.74, 6) is -0.480. The van der Waals surface area contributed by atoms with Crippen LogP contribution in [0.3, 0.4) is 0 Å². The molecule has 7 heteroatoms. The molecule has 0 spiro atoms. The highest BCUT2D eigenvalue weighted by atomic mass is 32.2. The molecule has 2 aromatic carbocycles. The summed E-state index contributed by atoms with van der Waals surface area (Å²) in [4.78, 5) is 4.49. The van der Waals surface area contributed by atoms with E-state index in [-0.39, 0.29) is 5.25 Å². The van der Waals surface area contributed by atoms with Crippen molar-refractivity contribution in [2.24, 2.45) is 0 Å². The van der Waals surface area contributed by atoms with Gasteiger partial charge in [0.05, 0.1) is 11.6 Å². The summed E-state index contributed by atoms with van der Waals surface area (Å²) < 4.78 is 43.4. The number of aryl methyl sites for hydroxylation is 2. The van der Waals surface area contributed by atoms with Crippen LogP contribution in [0.5, 0.6) is 0 Å². The van der Waals surface area contributed by atoms with Gasteiger partial charge in [0.25, 0.3) is 0 Å². The van der Waals surface area contributed by atoms with Crippen LogP contribution in [-0.2, 0) is 6.42 Å². The third-order valence-corrected chi connectivity index (χ3v) is 6.80. The van der Waals surface area contributed by atoms with Gasteiger partial charge in [-0.15, -0.1) is 0 Å². The summed E-state index contributed by atoms with van der Waals surface area (Å²) in [6.45, 7) is 7.41. The van der Waals surface area contributed by atoms with Gasteiger partial charge in [-0.25, -0.2) is 0 Å². The predicted molar refractivity (Wildman–Crippen MR) is 127 cm³/mol. The molecule has 0 aliphatic carbocycles. The van der Waals surface area contributed by atoms with Crippen LogP contribution < -0.4 is 5.32 Å². The molecular formula is C25H29F3N2OS. The first kappa shape index (κ1) is 24.4. The fourth-order valence-electron chi connectivity index (χ4n) is 3.75. The Kier molecular flexibility index (Phi) is 7.40. The lowest BCUT2D eigenvalue weighted by molar-refractivity contribution is -0.256. The van der Waals surface area contributed by atoms with Gasteiger partial charge in [-0.05, 0) is 54.0 Å². The number of benzene rings is 2. The third-order valence-electron chi connectivity index (χ3n) is 5.52. The molecule has 0 saturated carbocycles. The maximum atomic E-state index is 14.5. The van der Waals surface area contributed by atoms with E-state index in [4.69, 9.17) is 0 Å². The highest BCUT2D eigenvalue weighted by molar-refractivity contribution is 7.99. The largest absolute Gasteiger partial charge is 0.420 e. The van der Waals surface area contributed by atoms with Crippen molar-refractivity contribution in [1.29, 1.82) is 0 Å². The molecule has 3 rings (SSSR count). The van der Waals surface area contributed by atoms with Crippen LogP contribution in [0.15, 0.2) is 54.6 Å². The number of anilines is 1. The zero-order valence-electron chi connectivity index (χ0n) is 18.7. The summed E-state index contributed by atoms with van der Waals surface area (Å²) in [7, 11) is 0. The number of fused-ring (bicyclic) bond motifs is 1. The molecule has 2 unspecified atom stereocenters. The van der Waals surface area contributed by atoms with Crippen LogP contribution in [0.25, 0.3) is 10.9 Å². The predicted octanol–water partition coefficient (Wildman–Crippen LogP) is 6.69. The summed E-state index contributed by atoms with van der Waals surface area (Å²) in [5, 5.41) is 15.0. The molecule has 3 nitrogen and oxygen atoms in total. The molecule has 2 N–H and O–H groups in total. The van der Waals surface area contributed by atoms with E-state index in [2.05, 4.69) is 10.3 Å². The molecule has 3 aromatic rings. The van der Waals surface area contributed by atoms with Crippen LogP contribution in [-0.4, -0.2) is 32.9 Å². The van der Waals surface area contributed by atoms with Gasteiger partial charge in [-0.1, -0.05) is 51.1 Å². The van der Waals surface area contributed by atoms with Gasteiger partial charge in [-0.2, -0.15) is 24.9 Å². The molecule has 0 radical (unpaired) electrons. The molecule has 32 heavy (non-hydrogen) atoms. The molecule has 0 amide bonds. The average molecular weight is 463 g/mol. The summed E-state index contributed by atoms with van der Waals surface area (Å²) >= 11 is 1.10. The highest BCUT2D eigenvalue weighted by Crippen LogP contribution is 2.45. The van der Waals surface area contributed by atoms with Crippen LogP contribution in [0.4, 0.5) is 18.9 Å². The van der Waals surface area contributed by atoms with Gasteiger partial charge < -0.3 is 10.4 Å². The maximum Gasteiger partial charge on any atom is 0.420 e. The number of hydrogen-bond acceptors (Lipinski definition) is 4. The lowest BCUT2D eigenvalue weighted by Gasteiger charge is -2.40. The number of nitrogens with one attached hydrogen (secondary N) is 1. The Balaban J connectivity index is 2.19. The van der Waals surface area contributed by atoms with Gasteiger partial charge in [0.2, 0.25) is 0 Å². The number of halogens is 3. The smallest absolute Gasteiger partial charge is 0.378 e. The van der Waals surface area contributed by atoms with Crippen molar-refractivity contribution in [2.75, 3.05) is 11.1 Å². The minimum absolute atomic E-state index is 0.0596. The lowest BCUT2D eigenvalue weighted by atomic mass is 9.85. The Labute approximate surface area is 191 Å². The van der Waals surface area contributed by atoms with E-state index >= 15 is 0 Å². The first-order chi connectivity index (χ1) is 15.1. The SMILES string of the molecule is CCc1ccccc1C(Nc1cccc2nc(C)ccc12)C(O)(CSC(C)C)C(F)(F)F. The Morgan fingerprint density at radius 3 is 2.41 bits per heavy atom. The normalized spacial score (nSPS) is 15.0. The minimum atomic E-state index is -4.84. The van der Waals surface area contributed by atoms with Crippen molar-refractivity contribution < 1.29 is 18.3 Å². The number of hydrogen-bond donors (Lipinski definition) is 2. The molecule has 0 saturated heterocycles. The van der Waals surface area contributed by atoms with E-state index in [0.717, 1.165) is 23.0 Å². The van der Waals surface area contributed by atoms with Crippen molar-refractivity contribution in [3.05, 3.63) is 71.4 Å². The number of pyridine rings is 1. The average Bonchev–Trinajstić information content (AvgIpc) is 2.74. The zero-order chi connectivity index (χ0) is 23.5. The number of alkyl halides is 3. The number of nitrogens with zero attached hydrogens (tertiary/aromatic N) is 1. The second-order valence-electron chi connectivity index (χ2n) is 8.24. The number of aromatic nitrogens is 1. The van der Waals surface area contributed by atoms with Gasteiger partial charge in [0.1, 0.15) is 0 Å². The molecule has 0 aliphatic rings. The van der Waals surface area contributed by atoms with Crippen LogP contribution >= 0.6 is 11.8 Å². The van der Waals surface area contributed by atoms with E-state index in [0.29, 0.717) is 28.6 Å². The topological polar surface area (TPSA) is 45.2 Å². The molecule has 0 aliphatic heterocycles. The number of thioether (sulfide) groups is 1. The Morgan fingerprint density at radius 2 is 1.75 bits per heavy atom. The van der Waals surface area contributed by atoms with Crippen molar-refractivity contribution in [3.8, 4) is 0 Å². The van der Waals surface area contributed by atoms with E-state index < -0.39 is 23.6 Å². The van der Waals surface area contributed by atoms with Crippen LogP contribution in [0, 0.1) is 6.92 Å². The second kappa shape index (κ2) is 9.71. The molecule has 1 heterocycles. The summed E-state index contributed by atoms with van der Waals surface area (Å²) in [5.41, 5.74) is 0.233. The molecule has 0 bridgehead atoms. The molecule has 0 fully saturated rings. The van der Waals surface area contributed by atoms with Crippen molar-refractivity contribution in [1.82, 2.24) is 4.98 Å². The molecular weight excluding hydrogens is 433 g/mol. The quantitative estimate of drug-likeness (QED) is 0.391. The lowest BCUT2D eigenvalue weighted by Crippen LogP contribution is -2.55. The third kappa shape index (κ3) is 5.04. The van der Waals surface area contributed by atoms with Crippen molar-refractivity contribution in [3.63, 3.8) is 0 Å². The standard InChI is InChI=1S/C25H29F3N2OS/c1-5-18-9-6-7-10-19(18)23(24(31,25(26,27)28)15-32-16(2)3)30-22-12-8-11-21-20(22)14-13-17(4)29-21/h6-14,16,23,30-31H,5,15H2,1-4H3. The summed E-state index contributed by atoms with van der Waals surface area (Å²) in [6, 6.07) is 14.6. The van der Waals surface area contributed by atoms with Crippen LogP contribution in [0.2, 0.25) is 0 Å². The molecule has 2 atom stereocenters. The van der Waals surface area contributed by atoms with Gasteiger partial charge in [0.15, 0.2) is 5.60 Å². The maximum absolute atomic E-state index is 14.5. The Bertz CT molecular complexity index is 1070. The number of aliphatic hydroxyl groups is 1. The second-order valence-corrected chi connectivity index (χ2v) is 9.80. The zero-order valence-corrected chi connectivity index (χ0v) is 19.5. The van der Waals surface area contributed by atoms with Gasteiger partial charge in [-0.3, -0.25) is 4.98 Å². The molecule has 172 valence electrons. The van der Waals surface area contributed by atoms with Gasteiger partial charge >= 0.3 is 6.18 Å². The van der Waals surface area contributed by atoms with E-state index in [1.807, 2.05) is 52.0 Å². The molecule has 1 aromatic heterocycles. The number of rotatable bonds is 8. The minimum Gasteiger partial charge on any atom is -0.378 e. The first-order valence-electron chi connectivity index (χ1n) is 10.7. The fourth-order valence-corrected chi connectivity index (χ4v) is 4.67. The highest BCUT2D eigenvalue weighted by Gasteiger charge is 2.59. The van der Waals surface area contributed by atoms with Crippen LogP contribution in [0.1, 0.15) is 43.6 Å².